The standard InChI is InChI=1S/C12H17F3O2/c1-5-6-8(7-9(13)10(14)15)11(16)17-12(2,3)4/h5,8H,1,6-7H2,2-4H3. The molecule has 0 aliphatic rings. The summed E-state index contributed by atoms with van der Waals surface area (Å²) in [6.07, 6.45) is -1.60. The van der Waals surface area contributed by atoms with E-state index in [1.807, 2.05) is 0 Å². The van der Waals surface area contributed by atoms with Gasteiger partial charge in [-0.25, -0.2) is 4.39 Å². The molecule has 0 amide bonds. The average Bonchev–Trinajstić information content (AvgIpc) is 2.13. The van der Waals surface area contributed by atoms with Crippen LogP contribution in [-0.4, -0.2) is 11.6 Å². The predicted molar refractivity (Wildman–Crippen MR) is 59.1 cm³/mol. The Balaban J connectivity index is 4.69. The summed E-state index contributed by atoms with van der Waals surface area (Å²) < 4.78 is 41.7. The van der Waals surface area contributed by atoms with Crippen LogP contribution in [0.25, 0.3) is 0 Å². The fourth-order valence-electron chi connectivity index (χ4n) is 1.14. The molecule has 17 heavy (non-hydrogen) atoms. The van der Waals surface area contributed by atoms with E-state index in [-0.39, 0.29) is 6.42 Å². The molecule has 0 aliphatic heterocycles. The van der Waals surface area contributed by atoms with Gasteiger partial charge in [-0.05, 0) is 27.2 Å². The Morgan fingerprint density at radius 1 is 1.35 bits per heavy atom. The Labute approximate surface area is 99.1 Å². The lowest BCUT2D eigenvalue weighted by Gasteiger charge is -2.23. The van der Waals surface area contributed by atoms with Crippen molar-refractivity contribution in [3.8, 4) is 0 Å². The van der Waals surface area contributed by atoms with E-state index in [0.29, 0.717) is 0 Å². The first-order valence-corrected chi connectivity index (χ1v) is 5.20. The highest BCUT2D eigenvalue weighted by atomic mass is 19.3. The van der Waals surface area contributed by atoms with Crippen molar-refractivity contribution in [2.45, 2.75) is 39.2 Å². The average molecular weight is 250 g/mol. The number of carbonyl (C=O) groups is 1. The minimum atomic E-state index is -2.40. The number of ether oxygens (including phenoxy) is 1. The Bertz CT molecular complexity index is 312. The Morgan fingerprint density at radius 2 is 1.88 bits per heavy atom. The van der Waals surface area contributed by atoms with E-state index in [1.54, 1.807) is 20.8 Å². The molecule has 1 atom stereocenters. The molecule has 0 N–H and O–H groups in total. The van der Waals surface area contributed by atoms with Gasteiger partial charge in [0.15, 0.2) is 5.83 Å². The van der Waals surface area contributed by atoms with E-state index in [4.69, 9.17) is 4.74 Å². The molecule has 0 aliphatic carbocycles. The second-order valence-corrected chi connectivity index (χ2v) is 4.62. The highest BCUT2D eigenvalue weighted by Crippen LogP contribution is 2.24. The van der Waals surface area contributed by atoms with E-state index in [9.17, 15) is 18.0 Å². The maximum Gasteiger partial charge on any atom is 0.310 e. The van der Waals surface area contributed by atoms with Crippen LogP contribution in [0.5, 0.6) is 0 Å². The monoisotopic (exact) mass is 250 g/mol. The minimum Gasteiger partial charge on any atom is -0.460 e. The van der Waals surface area contributed by atoms with Crippen LogP contribution >= 0.6 is 0 Å². The third kappa shape index (κ3) is 6.81. The molecule has 0 saturated heterocycles. The zero-order valence-corrected chi connectivity index (χ0v) is 10.2. The summed E-state index contributed by atoms with van der Waals surface area (Å²) in [5, 5.41) is 0. The zero-order valence-electron chi connectivity index (χ0n) is 10.2. The SMILES string of the molecule is C=CCC(CC(F)=C(F)F)C(=O)OC(C)(C)C. The maximum atomic E-state index is 12.8. The summed E-state index contributed by atoms with van der Waals surface area (Å²) in [5.41, 5.74) is -0.731. The molecule has 2 nitrogen and oxygen atoms in total. The molecular formula is C12H17F3O2. The zero-order chi connectivity index (χ0) is 13.6. The van der Waals surface area contributed by atoms with Crippen molar-refractivity contribution in [2.75, 3.05) is 0 Å². The van der Waals surface area contributed by atoms with Crippen LogP contribution in [0.4, 0.5) is 13.2 Å². The summed E-state index contributed by atoms with van der Waals surface area (Å²) >= 11 is 0. The van der Waals surface area contributed by atoms with Crippen molar-refractivity contribution in [1.29, 1.82) is 0 Å². The molecule has 5 heteroatoms. The van der Waals surface area contributed by atoms with E-state index in [1.165, 1.54) is 6.08 Å². The molecule has 0 heterocycles. The van der Waals surface area contributed by atoms with E-state index < -0.39 is 35.8 Å². The van der Waals surface area contributed by atoms with Crippen LogP contribution in [0, 0.1) is 5.92 Å². The van der Waals surface area contributed by atoms with Crippen LogP contribution in [-0.2, 0) is 9.53 Å². The largest absolute Gasteiger partial charge is 0.460 e. The predicted octanol–water partition coefficient (Wildman–Crippen LogP) is 3.99. The summed E-state index contributed by atoms with van der Waals surface area (Å²) in [7, 11) is 0. The minimum absolute atomic E-state index is 0.0929. The van der Waals surface area contributed by atoms with Gasteiger partial charge in [0.05, 0.1) is 5.92 Å². The maximum absolute atomic E-state index is 12.8. The Kier molecular flexibility index (Phi) is 5.99. The van der Waals surface area contributed by atoms with Crippen molar-refractivity contribution >= 4 is 5.97 Å². The molecule has 0 spiro atoms. The van der Waals surface area contributed by atoms with Gasteiger partial charge in [-0.15, -0.1) is 6.58 Å². The number of halogens is 3. The second kappa shape index (κ2) is 6.47. The molecule has 0 fully saturated rings. The quantitative estimate of drug-likeness (QED) is 0.544. The fraction of sp³-hybridized carbons (Fsp3) is 0.583. The third-order valence-electron chi connectivity index (χ3n) is 1.82. The number of hydrogen-bond acceptors (Lipinski definition) is 2. The highest BCUT2D eigenvalue weighted by molar-refractivity contribution is 5.73. The number of esters is 1. The van der Waals surface area contributed by atoms with Gasteiger partial charge in [0.2, 0.25) is 0 Å². The second-order valence-electron chi connectivity index (χ2n) is 4.62. The lowest BCUT2D eigenvalue weighted by molar-refractivity contribution is -0.160. The summed E-state index contributed by atoms with van der Waals surface area (Å²) in [6.45, 7) is 8.35. The third-order valence-corrected chi connectivity index (χ3v) is 1.82. The summed E-state index contributed by atoms with van der Waals surface area (Å²) in [5.74, 6) is -3.25. The van der Waals surface area contributed by atoms with Crippen LogP contribution in [0.3, 0.4) is 0 Å². The molecular weight excluding hydrogens is 233 g/mol. The smallest absolute Gasteiger partial charge is 0.310 e. The molecule has 0 radical (unpaired) electrons. The van der Waals surface area contributed by atoms with Gasteiger partial charge in [0, 0.05) is 6.42 Å². The van der Waals surface area contributed by atoms with Crippen molar-refractivity contribution in [3.63, 3.8) is 0 Å². The fourth-order valence-corrected chi connectivity index (χ4v) is 1.14. The van der Waals surface area contributed by atoms with Crippen molar-refractivity contribution in [2.24, 2.45) is 5.92 Å². The first kappa shape index (κ1) is 15.7. The molecule has 0 aromatic carbocycles. The lowest BCUT2D eigenvalue weighted by Crippen LogP contribution is -2.28. The van der Waals surface area contributed by atoms with E-state index >= 15 is 0 Å². The summed E-state index contributed by atoms with van der Waals surface area (Å²) in [4.78, 5) is 11.6. The highest BCUT2D eigenvalue weighted by Gasteiger charge is 2.26. The topological polar surface area (TPSA) is 26.3 Å². The van der Waals surface area contributed by atoms with Gasteiger partial charge in [0.1, 0.15) is 5.60 Å². The van der Waals surface area contributed by atoms with Gasteiger partial charge >= 0.3 is 12.0 Å². The van der Waals surface area contributed by atoms with Gasteiger partial charge in [0.25, 0.3) is 0 Å². The Hall–Kier alpha value is -1.26. The van der Waals surface area contributed by atoms with Gasteiger partial charge in [-0.2, -0.15) is 8.78 Å². The van der Waals surface area contributed by atoms with Crippen molar-refractivity contribution < 1.29 is 22.7 Å². The number of hydrogen-bond donors (Lipinski definition) is 0. The Morgan fingerprint density at radius 3 is 2.24 bits per heavy atom. The van der Waals surface area contributed by atoms with Gasteiger partial charge < -0.3 is 4.74 Å². The van der Waals surface area contributed by atoms with Crippen molar-refractivity contribution in [3.05, 3.63) is 24.6 Å². The molecule has 0 bridgehead atoms. The lowest BCUT2D eigenvalue weighted by atomic mass is 10.0. The van der Waals surface area contributed by atoms with E-state index in [2.05, 4.69) is 6.58 Å². The molecule has 0 rings (SSSR count). The molecule has 1 unspecified atom stereocenters. The van der Waals surface area contributed by atoms with Gasteiger partial charge in [-0.3, -0.25) is 4.79 Å². The number of carbonyl (C=O) groups excluding carboxylic acids is 1. The van der Waals surface area contributed by atoms with Gasteiger partial charge in [-0.1, -0.05) is 6.08 Å². The number of rotatable bonds is 5. The van der Waals surface area contributed by atoms with Crippen molar-refractivity contribution in [1.82, 2.24) is 0 Å². The molecule has 0 aromatic rings. The first-order chi connectivity index (χ1) is 7.67. The van der Waals surface area contributed by atoms with Crippen LogP contribution in [0.1, 0.15) is 33.6 Å². The van der Waals surface area contributed by atoms with Crippen LogP contribution in [0.2, 0.25) is 0 Å². The molecule has 0 aromatic heterocycles. The van der Waals surface area contributed by atoms with Crippen LogP contribution < -0.4 is 0 Å². The van der Waals surface area contributed by atoms with E-state index in [0.717, 1.165) is 0 Å². The summed E-state index contributed by atoms with van der Waals surface area (Å²) in [6, 6.07) is 0. The molecule has 98 valence electrons. The van der Waals surface area contributed by atoms with Crippen LogP contribution in [0.15, 0.2) is 24.6 Å². The molecule has 0 saturated carbocycles. The number of allylic oxidation sites excluding steroid dienone is 2. The first-order valence-electron chi connectivity index (χ1n) is 5.20. The normalized spacial score (nSPS) is 12.8.